The average Bonchev–Trinajstić information content (AvgIpc) is 3.47. The number of rotatable bonds is 8. The van der Waals surface area contributed by atoms with E-state index in [0.29, 0.717) is 41.3 Å². The number of aromatic nitrogens is 1. The van der Waals surface area contributed by atoms with Gasteiger partial charge in [0, 0.05) is 16.4 Å². The van der Waals surface area contributed by atoms with Crippen LogP contribution in [-0.4, -0.2) is 22.4 Å². The molecular weight excluding hydrogens is 448 g/mol. The van der Waals surface area contributed by atoms with E-state index in [9.17, 15) is 14.7 Å². The lowest BCUT2D eigenvalue weighted by Crippen LogP contribution is -2.40. The third-order valence-electron chi connectivity index (χ3n) is 5.51. The van der Waals surface area contributed by atoms with Crippen molar-refractivity contribution in [3.8, 4) is 5.75 Å². The smallest absolute Gasteiger partial charge is 0.405 e. The Balaban J connectivity index is 2.34. The van der Waals surface area contributed by atoms with Crippen LogP contribution < -0.4 is 15.6 Å². The van der Waals surface area contributed by atoms with Crippen molar-refractivity contribution in [2.75, 3.05) is 6.61 Å². The minimum absolute atomic E-state index is 0.0938. The van der Waals surface area contributed by atoms with Crippen molar-refractivity contribution in [2.45, 2.75) is 66.0 Å². The molecular formula is C23H31BrN2O4. The van der Waals surface area contributed by atoms with E-state index in [1.807, 2.05) is 39.0 Å². The van der Waals surface area contributed by atoms with E-state index in [1.54, 1.807) is 4.57 Å². The number of benzene rings is 1. The van der Waals surface area contributed by atoms with Gasteiger partial charge >= 0.3 is 6.09 Å². The molecule has 3 rings (SSSR count). The molecule has 6 nitrogen and oxygen atoms in total. The largest absolute Gasteiger partial charge is 0.491 e. The topological polar surface area (TPSA) is 80.6 Å². The summed E-state index contributed by atoms with van der Waals surface area (Å²) in [6, 6.07) is 4.97. The van der Waals surface area contributed by atoms with Gasteiger partial charge in [0.05, 0.1) is 23.7 Å². The zero-order valence-corrected chi connectivity index (χ0v) is 19.7. The Morgan fingerprint density at radius 3 is 2.60 bits per heavy atom. The van der Waals surface area contributed by atoms with Crippen LogP contribution in [0.2, 0.25) is 0 Å². The Morgan fingerprint density at radius 1 is 1.33 bits per heavy atom. The minimum atomic E-state index is -1.12. The van der Waals surface area contributed by atoms with Gasteiger partial charge in [-0.1, -0.05) is 50.0 Å². The molecule has 2 N–H and O–H groups in total. The number of nitrogens with zero attached hydrogens (tertiary/aromatic N) is 1. The summed E-state index contributed by atoms with van der Waals surface area (Å²) in [5.74, 6) is 1.05. The molecule has 1 aromatic heterocycles. The molecule has 0 bridgehead atoms. The van der Waals surface area contributed by atoms with E-state index < -0.39 is 17.6 Å². The van der Waals surface area contributed by atoms with Crippen molar-refractivity contribution < 1.29 is 14.6 Å². The molecule has 1 aliphatic carbocycles. The molecule has 0 radical (unpaired) electrons. The average molecular weight is 479 g/mol. The Kier molecular flexibility index (Phi) is 6.80. The molecule has 1 aromatic carbocycles. The van der Waals surface area contributed by atoms with Crippen molar-refractivity contribution in [2.24, 2.45) is 11.3 Å². The van der Waals surface area contributed by atoms with Crippen molar-refractivity contribution in [3.05, 3.63) is 38.7 Å². The first-order valence-electron chi connectivity index (χ1n) is 10.6. The van der Waals surface area contributed by atoms with Crippen molar-refractivity contribution in [1.29, 1.82) is 0 Å². The highest BCUT2D eigenvalue weighted by atomic mass is 79.9. The Labute approximate surface area is 185 Å². The maximum atomic E-state index is 13.5. The van der Waals surface area contributed by atoms with Crippen molar-refractivity contribution >= 4 is 32.8 Å². The van der Waals surface area contributed by atoms with Crippen LogP contribution >= 0.6 is 15.9 Å². The minimum Gasteiger partial charge on any atom is -0.491 e. The van der Waals surface area contributed by atoms with Gasteiger partial charge in [0.15, 0.2) is 0 Å². The summed E-state index contributed by atoms with van der Waals surface area (Å²) in [5.41, 5.74) is 0.0748. The van der Waals surface area contributed by atoms with Crippen LogP contribution in [0.4, 0.5) is 4.79 Å². The van der Waals surface area contributed by atoms with E-state index in [0.717, 1.165) is 30.2 Å². The van der Waals surface area contributed by atoms with Gasteiger partial charge in [0.1, 0.15) is 5.75 Å². The molecule has 1 aliphatic rings. The van der Waals surface area contributed by atoms with E-state index in [4.69, 9.17) is 4.74 Å². The summed E-state index contributed by atoms with van der Waals surface area (Å²) in [6.45, 7) is 9.10. The second-order valence-electron chi connectivity index (χ2n) is 9.21. The SMILES string of the molecule is CCCCOc1c(C(NC(=O)O)C(C)(C)C)n(CC2CC2)c(=O)c2ccc(Br)cc12. The Bertz CT molecular complexity index is 989. The van der Waals surface area contributed by atoms with Crippen LogP contribution in [0.25, 0.3) is 10.8 Å². The predicted octanol–water partition coefficient (Wildman–Crippen LogP) is 5.71. The summed E-state index contributed by atoms with van der Waals surface area (Å²) < 4.78 is 8.90. The van der Waals surface area contributed by atoms with Crippen LogP contribution in [0.15, 0.2) is 27.5 Å². The quantitative estimate of drug-likeness (QED) is 0.476. The van der Waals surface area contributed by atoms with Gasteiger partial charge in [-0.05, 0) is 48.8 Å². The summed E-state index contributed by atoms with van der Waals surface area (Å²) >= 11 is 3.51. The van der Waals surface area contributed by atoms with Crippen LogP contribution in [-0.2, 0) is 6.54 Å². The number of pyridine rings is 1. The molecule has 1 unspecified atom stereocenters. The second-order valence-corrected chi connectivity index (χ2v) is 10.1. The zero-order chi connectivity index (χ0) is 22.1. The second kappa shape index (κ2) is 9.00. The number of carboxylic acid groups (broad SMARTS) is 1. The van der Waals surface area contributed by atoms with Gasteiger partial charge in [-0.15, -0.1) is 0 Å². The fourth-order valence-corrected chi connectivity index (χ4v) is 4.08. The molecule has 2 aromatic rings. The predicted molar refractivity (Wildman–Crippen MR) is 122 cm³/mol. The van der Waals surface area contributed by atoms with Crippen molar-refractivity contribution in [1.82, 2.24) is 9.88 Å². The fraction of sp³-hybridized carbons (Fsp3) is 0.565. The molecule has 0 spiro atoms. The van der Waals surface area contributed by atoms with Gasteiger partial charge in [-0.3, -0.25) is 4.79 Å². The van der Waals surface area contributed by atoms with Crippen LogP contribution in [0.5, 0.6) is 5.75 Å². The first-order chi connectivity index (χ1) is 14.1. The highest BCUT2D eigenvalue weighted by Crippen LogP contribution is 2.42. The molecule has 0 saturated heterocycles. The maximum Gasteiger partial charge on any atom is 0.405 e. The number of carbonyl (C=O) groups is 1. The summed E-state index contributed by atoms with van der Waals surface area (Å²) in [7, 11) is 0. The van der Waals surface area contributed by atoms with Gasteiger partial charge in [0.2, 0.25) is 0 Å². The van der Waals surface area contributed by atoms with Gasteiger partial charge in [-0.25, -0.2) is 4.79 Å². The molecule has 1 atom stereocenters. The standard InChI is InChI=1S/C23H31BrN2O4/c1-5-6-11-30-19-17-12-15(24)9-10-16(17)21(27)26(13-14-7-8-14)18(19)20(23(2,3)4)25-22(28)29/h9-10,12,14,20,25H,5-8,11,13H2,1-4H3,(H,28,29). The Morgan fingerprint density at radius 2 is 2.03 bits per heavy atom. The number of ether oxygens (including phenoxy) is 1. The van der Waals surface area contributed by atoms with Crippen LogP contribution in [0.1, 0.15) is 65.1 Å². The highest BCUT2D eigenvalue weighted by Gasteiger charge is 2.36. The monoisotopic (exact) mass is 478 g/mol. The molecule has 30 heavy (non-hydrogen) atoms. The third-order valence-corrected chi connectivity index (χ3v) is 6.01. The first kappa shape index (κ1) is 22.7. The lowest BCUT2D eigenvalue weighted by atomic mass is 9.83. The molecule has 1 fully saturated rings. The normalized spacial score (nSPS) is 15.2. The number of hydrogen-bond acceptors (Lipinski definition) is 3. The molecule has 1 amide bonds. The molecule has 0 aliphatic heterocycles. The van der Waals surface area contributed by atoms with Crippen LogP contribution in [0.3, 0.4) is 0 Å². The Hall–Kier alpha value is -2.02. The lowest BCUT2D eigenvalue weighted by molar-refractivity contribution is 0.170. The number of fused-ring (bicyclic) bond motifs is 1. The van der Waals surface area contributed by atoms with Crippen molar-refractivity contribution in [3.63, 3.8) is 0 Å². The zero-order valence-electron chi connectivity index (χ0n) is 18.1. The van der Waals surface area contributed by atoms with E-state index in [1.165, 1.54) is 0 Å². The molecule has 7 heteroatoms. The van der Waals surface area contributed by atoms with Gasteiger partial charge in [0.25, 0.3) is 5.56 Å². The number of unbranched alkanes of at least 4 members (excludes halogenated alkanes) is 1. The number of hydrogen-bond donors (Lipinski definition) is 2. The number of nitrogens with one attached hydrogen (secondary N) is 1. The van der Waals surface area contributed by atoms with E-state index in [2.05, 4.69) is 28.2 Å². The fourth-order valence-electron chi connectivity index (χ4n) is 3.72. The summed E-state index contributed by atoms with van der Waals surface area (Å²) in [4.78, 5) is 25.2. The van der Waals surface area contributed by atoms with Gasteiger partial charge in [-0.2, -0.15) is 0 Å². The maximum absolute atomic E-state index is 13.5. The molecule has 1 saturated carbocycles. The third kappa shape index (κ3) is 4.99. The highest BCUT2D eigenvalue weighted by molar-refractivity contribution is 9.10. The molecule has 164 valence electrons. The summed E-state index contributed by atoms with van der Waals surface area (Å²) in [6.07, 6.45) is 2.91. The van der Waals surface area contributed by atoms with E-state index >= 15 is 0 Å². The first-order valence-corrected chi connectivity index (χ1v) is 11.4. The number of amides is 1. The molecule has 1 heterocycles. The van der Waals surface area contributed by atoms with Gasteiger partial charge < -0.3 is 19.7 Å². The lowest BCUT2D eigenvalue weighted by Gasteiger charge is -2.34. The van der Waals surface area contributed by atoms with Crippen LogP contribution in [0, 0.1) is 11.3 Å². The summed E-state index contributed by atoms with van der Waals surface area (Å²) in [5, 5.41) is 13.6. The number of halogens is 1. The van der Waals surface area contributed by atoms with E-state index in [-0.39, 0.29) is 5.56 Å².